The maximum absolute atomic E-state index is 6.00. The zero-order valence-electron chi connectivity index (χ0n) is 9.73. The Morgan fingerprint density at radius 1 is 1.22 bits per heavy atom. The second kappa shape index (κ2) is 5.57. The maximum Gasteiger partial charge on any atom is 0.219 e. The lowest BCUT2D eigenvalue weighted by molar-refractivity contribution is 0.462. The molecule has 18 heavy (non-hydrogen) atoms. The Hall–Kier alpha value is -1.29. The average Bonchev–Trinajstić information content (AvgIpc) is 2.34. The van der Waals surface area contributed by atoms with E-state index >= 15 is 0 Å². The number of ether oxygens (including phenoxy) is 1. The van der Waals surface area contributed by atoms with Gasteiger partial charge in [-0.15, -0.1) is 0 Å². The van der Waals surface area contributed by atoms with Crippen molar-refractivity contribution < 1.29 is 4.74 Å². The van der Waals surface area contributed by atoms with Crippen LogP contribution in [0.15, 0.2) is 36.5 Å². The molecule has 3 nitrogen and oxygen atoms in total. The van der Waals surface area contributed by atoms with Crippen LogP contribution in [0.4, 0.5) is 0 Å². The quantitative estimate of drug-likeness (QED) is 0.918. The molecular weight excluding hydrogens is 271 g/mol. The van der Waals surface area contributed by atoms with Gasteiger partial charge in [-0.2, -0.15) is 0 Å². The zero-order valence-corrected chi connectivity index (χ0v) is 11.2. The Balaban J connectivity index is 2.21. The zero-order chi connectivity index (χ0) is 13.1. The molecule has 2 rings (SSSR count). The molecule has 0 saturated heterocycles. The van der Waals surface area contributed by atoms with E-state index in [4.69, 9.17) is 33.7 Å². The van der Waals surface area contributed by atoms with Crippen LogP contribution in [-0.2, 0) is 0 Å². The van der Waals surface area contributed by atoms with Crippen molar-refractivity contribution in [1.29, 1.82) is 0 Å². The maximum atomic E-state index is 6.00. The highest BCUT2D eigenvalue weighted by molar-refractivity contribution is 6.34. The second-order valence-corrected chi connectivity index (χ2v) is 4.74. The van der Waals surface area contributed by atoms with Gasteiger partial charge in [0, 0.05) is 29.4 Å². The minimum absolute atomic E-state index is 0.0543. The first-order valence-corrected chi connectivity index (χ1v) is 6.16. The minimum atomic E-state index is -0.0543. The van der Waals surface area contributed by atoms with Crippen LogP contribution in [0.25, 0.3) is 0 Å². The van der Waals surface area contributed by atoms with E-state index in [0.29, 0.717) is 21.7 Å². The first kappa shape index (κ1) is 13.1. The van der Waals surface area contributed by atoms with E-state index in [1.807, 2.05) is 13.0 Å². The first-order valence-electron chi connectivity index (χ1n) is 5.40. The molecule has 0 spiro atoms. The number of halogens is 2. The number of nitrogens with zero attached hydrogens (tertiary/aromatic N) is 1. The summed E-state index contributed by atoms with van der Waals surface area (Å²) >= 11 is 11.9. The Morgan fingerprint density at radius 3 is 2.61 bits per heavy atom. The molecule has 1 atom stereocenters. The summed E-state index contributed by atoms with van der Waals surface area (Å²) in [5.41, 5.74) is 6.68. The Labute approximate surface area is 115 Å². The van der Waals surface area contributed by atoms with Gasteiger partial charge in [0.1, 0.15) is 5.75 Å². The summed E-state index contributed by atoms with van der Waals surface area (Å²) in [6, 6.07) is 8.58. The fourth-order valence-electron chi connectivity index (χ4n) is 1.39. The van der Waals surface area contributed by atoms with Gasteiger partial charge in [-0.3, -0.25) is 0 Å². The standard InChI is InChI=1S/C13H12Cl2N2O/c1-8(16)9-2-5-13(17-7-9)18-12-6-10(14)3-4-11(12)15/h2-8H,16H2,1H3. The molecule has 0 fully saturated rings. The SMILES string of the molecule is CC(N)c1ccc(Oc2cc(Cl)ccc2Cl)nc1. The van der Waals surface area contributed by atoms with Gasteiger partial charge in [0.15, 0.2) is 0 Å². The number of hydrogen-bond acceptors (Lipinski definition) is 3. The molecule has 1 unspecified atom stereocenters. The number of benzene rings is 1. The molecule has 0 aliphatic heterocycles. The number of nitrogens with two attached hydrogens (primary N) is 1. The molecule has 1 aromatic heterocycles. The highest BCUT2D eigenvalue weighted by Gasteiger charge is 2.06. The molecule has 94 valence electrons. The Bertz CT molecular complexity index is 541. The number of rotatable bonds is 3. The summed E-state index contributed by atoms with van der Waals surface area (Å²) in [5, 5.41) is 1.04. The van der Waals surface area contributed by atoms with Crippen LogP contribution in [0.5, 0.6) is 11.6 Å². The van der Waals surface area contributed by atoms with Crippen molar-refractivity contribution in [1.82, 2.24) is 4.98 Å². The van der Waals surface area contributed by atoms with Crippen LogP contribution >= 0.6 is 23.2 Å². The molecule has 0 amide bonds. The minimum Gasteiger partial charge on any atom is -0.437 e. The molecule has 1 aromatic carbocycles. The van der Waals surface area contributed by atoms with Crippen LogP contribution < -0.4 is 10.5 Å². The van der Waals surface area contributed by atoms with E-state index in [1.165, 1.54) is 0 Å². The van der Waals surface area contributed by atoms with Gasteiger partial charge in [0.2, 0.25) is 5.88 Å². The van der Waals surface area contributed by atoms with Crippen LogP contribution in [0.1, 0.15) is 18.5 Å². The molecule has 0 aliphatic rings. The fourth-order valence-corrected chi connectivity index (χ4v) is 1.71. The lowest BCUT2D eigenvalue weighted by Crippen LogP contribution is -2.05. The summed E-state index contributed by atoms with van der Waals surface area (Å²) in [6.07, 6.45) is 1.68. The number of aromatic nitrogens is 1. The monoisotopic (exact) mass is 282 g/mol. The molecule has 0 radical (unpaired) electrons. The van der Waals surface area contributed by atoms with Crippen molar-refractivity contribution >= 4 is 23.2 Å². The van der Waals surface area contributed by atoms with Crippen LogP contribution in [0.2, 0.25) is 10.0 Å². The van der Waals surface area contributed by atoms with Crippen molar-refractivity contribution in [3.05, 3.63) is 52.1 Å². The lowest BCUT2D eigenvalue weighted by Gasteiger charge is -2.09. The van der Waals surface area contributed by atoms with Gasteiger partial charge < -0.3 is 10.5 Å². The van der Waals surface area contributed by atoms with Crippen molar-refractivity contribution in [2.45, 2.75) is 13.0 Å². The van der Waals surface area contributed by atoms with Gasteiger partial charge in [0.05, 0.1) is 5.02 Å². The van der Waals surface area contributed by atoms with Crippen molar-refractivity contribution in [2.24, 2.45) is 5.73 Å². The van der Waals surface area contributed by atoms with E-state index in [2.05, 4.69) is 4.98 Å². The van der Waals surface area contributed by atoms with Crippen molar-refractivity contribution in [3.63, 3.8) is 0 Å². The summed E-state index contributed by atoms with van der Waals surface area (Å²) in [5.74, 6) is 0.925. The molecule has 0 bridgehead atoms. The third kappa shape index (κ3) is 3.13. The molecule has 0 aliphatic carbocycles. The van der Waals surface area contributed by atoms with E-state index < -0.39 is 0 Å². The summed E-state index contributed by atoms with van der Waals surface area (Å²) in [6.45, 7) is 1.89. The Kier molecular flexibility index (Phi) is 4.07. The fraction of sp³-hybridized carbons (Fsp3) is 0.154. The van der Waals surface area contributed by atoms with E-state index in [-0.39, 0.29) is 6.04 Å². The molecular formula is C13H12Cl2N2O. The number of hydrogen-bond donors (Lipinski definition) is 1. The van der Waals surface area contributed by atoms with E-state index in [9.17, 15) is 0 Å². The van der Waals surface area contributed by atoms with Gasteiger partial charge in [-0.1, -0.05) is 29.3 Å². The molecule has 2 N–H and O–H groups in total. The number of pyridine rings is 1. The van der Waals surface area contributed by atoms with Gasteiger partial charge in [0.25, 0.3) is 0 Å². The Morgan fingerprint density at radius 2 is 2.00 bits per heavy atom. The average molecular weight is 283 g/mol. The third-order valence-electron chi connectivity index (χ3n) is 2.39. The van der Waals surface area contributed by atoms with E-state index in [1.54, 1.807) is 30.5 Å². The second-order valence-electron chi connectivity index (χ2n) is 3.90. The van der Waals surface area contributed by atoms with E-state index in [0.717, 1.165) is 5.56 Å². The van der Waals surface area contributed by atoms with Crippen molar-refractivity contribution in [3.8, 4) is 11.6 Å². The smallest absolute Gasteiger partial charge is 0.219 e. The largest absolute Gasteiger partial charge is 0.437 e. The highest BCUT2D eigenvalue weighted by atomic mass is 35.5. The third-order valence-corrected chi connectivity index (χ3v) is 2.94. The summed E-state index contributed by atoms with van der Waals surface area (Å²) < 4.78 is 5.56. The predicted octanol–water partition coefficient (Wildman–Crippen LogP) is 4.20. The molecule has 0 saturated carbocycles. The van der Waals surface area contributed by atoms with Crippen LogP contribution in [0.3, 0.4) is 0 Å². The topological polar surface area (TPSA) is 48.1 Å². The summed E-state index contributed by atoms with van der Waals surface area (Å²) in [7, 11) is 0. The van der Waals surface area contributed by atoms with Crippen LogP contribution in [-0.4, -0.2) is 4.98 Å². The molecule has 2 aromatic rings. The van der Waals surface area contributed by atoms with Gasteiger partial charge in [-0.25, -0.2) is 4.98 Å². The van der Waals surface area contributed by atoms with Crippen molar-refractivity contribution in [2.75, 3.05) is 0 Å². The first-order chi connectivity index (χ1) is 8.56. The highest BCUT2D eigenvalue weighted by Crippen LogP contribution is 2.31. The lowest BCUT2D eigenvalue weighted by atomic mass is 10.2. The molecule has 1 heterocycles. The van der Waals surface area contributed by atoms with Gasteiger partial charge >= 0.3 is 0 Å². The van der Waals surface area contributed by atoms with Crippen LogP contribution in [0, 0.1) is 0 Å². The normalized spacial score (nSPS) is 12.2. The van der Waals surface area contributed by atoms with Gasteiger partial charge in [-0.05, 0) is 24.6 Å². The summed E-state index contributed by atoms with van der Waals surface area (Å²) in [4.78, 5) is 4.16. The predicted molar refractivity (Wildman–Crippen MR) is 73.4 cm³/mol. The molecule has 5 heteroatoms.